The maximum absolute atomic E-state index is 6.05. The van der Waals surface area contributed by atoms with Gasteiger partial charge in [-0.3, -0.25) is 5.43 Å². The molecule has 2 aromatic carbocycles. The Morgan fingerprint density at radius 2 is 2.00 bits per heavy atom. The molecule has 0 saturated heterocycles. The van der Waals surface area contributed by atoms with Crippen molar-refractivity contribution in [2.75, 3.05) is 12.4 Å². The van der Waals surface area contributed by atoms with E-state index < -0.39 is 0 Å². The Morgan fingerprint density at radius 1 is 1.23 bits per heavy atom. The average molecular weight is 369 g/mol. The molecule has 0 spiro atoms. The van der Waals surface area contributed by atoms with Gasteiger partial charge in [0, 0.05) is 17.7 Å². The van der Waals surface area contributed by atoms with Gasteiger partial charge < -0.3 is 14.8 Å². The van der Waals surface area contributed by atoms with Crippen LogP contribution in [0.3, 0.4) is 0 Å². The highest BCUT2D eigenvalue weighted by molar-refractivity contribution is 7.80. The van der Waals surface area contributed by atoms with E-state index >= 15 is 0 Å². The third-order valence-corrected chi connectivity index (χ3v) is 4.36. The van der Waals surface area contributed by atoms with Gasteiger partial charge in [0.15, 0.2) is 5.11 Å². The first-order valence-corrected chi connectivity index (χ1v) is 8.85. The van der Waals surface area contributed by atoms with Crippen LogP contribution in [0.1, 0.15) is 31.4 Å². The molecule has 0 aromatic heterocycles. The molecule has 2 aromatic rings. The fourth-order valence-corrected chi connectivity index (χ4v) is 3.02. The van der Waals surface area contributed by atoms with Gasteiger partial charge in [0.1, 0.15) is 17.1 Å². The number of hydrogen-bond acceptors (Lipinski definition) is 4. The highest BCUT2D eigenvalue weighted by atomic mass is 32.1. The van der Waals surface area contributed by atoms with Gasteiger partial charge in [0.05, 0.1) is 12.8 Å². The van der Waals surface area contributed by atoms with E-state index in [1.54, 1.807) is 7.11 Å². The summed E-state index contributed by atoms with van der Waals surface area (Å²) in [6.07, 6.45) is 0.660. The number of rotatable bonds is 3. The van der Waals surface area contributed by atoms with Crippen molar-refractivity contribution in [3.8, 4) is 11.5 Å². The van der Waals surface area contributed by atoms with E-state index in [2.05, 4.69) is 15.8 Å². The molecule has 0 radical (unpaired) electrons. The van der Waals surface area contributed by atoms with Gasteiger partial charge in [-0.05, 0) is 62.8 Å². The Bertz CT molecular complexity index is 862. The molecular weight excluding hydrogens is 346 g/mol. The number of hydrazone groups is 1. The maximum Gasteiger partial charge on any atom is 0.191 e. The fraction of sp³-hybridized carbons (Fsp3) is 0.300. The number of methoxy groups -OCH3 is 1. The minimum absolute atomic E-state index is 0.340. The molecule has 0 fully saturated rings. The van der Waals surface area contributed by atoms with Gasteiger partial charge in [-0.25, -0.2) is 0 Å². The Hall–Kier alpha value is -2.60. The second kappa shape index (κ2) is 7.33. The van der Waals surface area contributed by atoms with E-state index in [-0.39, 0.29) is 5.60 Å². The number of para-hydroxylation sites is 1. The molecule has 1 aliphatic heterocycles. The zero-order valence-corrected chi connectivity index (χ0v) is 16.2. The van der Waals surface area contributed by atoms with Crippen LogP contribution in [-0.4, -0.2) is 23.5 Å². The normalized spacial score (nSPS) is 16.4. The monoisotopic (exact) mass is 369 g/mol. The largest absolute Gasteiger partial charge is 0.497 e. The summed E-state index contributed by atoms with van der Waals surface area (Å²) in [6, 6.07) is 13.7. The van der Waals surface area contributed by atoms with Crippen LogP contribution in [0.25, 0.3) is 0 Å². The number of hydrogen-bond donors (Lipinski definition) is 2. The van der Waals surface area contributed by atoms with Crippen molar-refractivity contribution in [3.63, 3.8) is 0 Å². The van der Waals surface area contributed by atoms with Crippen LogP contribution in [0.15, 0.2) is 47.6 Å². The van der Waals surface area contributed by atoms with Crippen LogP contribution in [0.4, 0.5) is 5.69 Å². The molecule has 0 saturated carbocycles. The Morgan fingerprint density at radius 3 is 2.73 bits per heavy atom. The van der Waals surface area contributed by atoms with Crippen LogP contribution in [0.5, 0.6) is 11.5 Å². The van der Waals surface area contributed by atoms with Gasteiger partial charge >= 0.3 is 0 Å². The lowest BCUT2D eigenvalue weighted by atomic mass is 9.92. The van der Waals surface area contributed by atoms with Gasteiger partial charge in [-0.2, -0.15) is 5.10 Å². The summed E-state index contributed by atoms with van der Waals surface area (Å²) >= 11 is 5.38. The zero-order valence-electron chi connectivity index (χ0n) is 15.4. The lowest BCUT2D eigenvalue weighted by Crippen LogP contribution is -2.37. The van der Waals surface area contributed by atoms with Crippen molar-refractivity contribution in [3.05, 3.63) is 53.6 Å². The SMILES string of the molecule is COc1ccc2c(c1)C(=NNC(=S)Nc1ccccc1C)CC(C)(C)O2. The number of nitrogens with zero attached hydrogens (tertiary/aromatic N) is 1. The second-order valence-electron chi connectivity index (χ2n) is 6.84. The maximum atomic E-state index is 6.05. The minimum Gasteiger partial charge on any atom is -0.497 e. The lowest BCUT2D eigenvalue weighted by molar-refractivity contribution is 0.111. The lowest BCUT2D eigenvalue weighted by Gasteiger charge is -2.33. The average Bonchev–Trinajstić information content (AvgIpc) is 2.60. The molecule has 0 atom stereocenters. The first-order chi connectivity index (χ1) is 12.4. The van der Waals surface area contributed by atoms with Crippen molar-refractivity contribution >= 4 is 28.7 Å². The summed E-state index contributed by atoms with van der Waals surface area (Å²) in [5, 5.41) is 8.17. The molecule has 0 aliphatic carbocycles. The van der Waals surface area contributed by atoms with E-state index in [9.17, 15) is 0 Å². The molecular formula is C20H23N3O2S. The Kier molecular flexibility index (Phi) is 5.13. The highest BCUT2D eigenvalue weighted by Crippen LogP contribution is 2.35. The third kappa shape index (κ3) is 4.14. The molecule has 5 nitrogen and oxygen atoms in total. The number of nitrogens with one attached hydrogen (secondary N) is 2. The van der Waals surface area contributed by atoms with Crippen LogP contribution >= 0.6 is 12.2 Å². The Balaban J connectivity index is 1.81. The Labute approximate surface area is 159 Å². The number of benzene rings is 2. The van der Waals surface area contributed by atoms with Crippen molar-refractivity contribution < 1.29 is 9.47 Å². The fourth-order valence-electron chi connectivity index (χ4n) is 2.86. The number of ether oxygens (including phenoxy) is 2. The summed E-state index contributed by atoms with van der Waals surface area (Å²) in [5.74, 6) is 1.56. The summed E-state index contributed by atoms with van der Waals surface area (Å²) < 4.78 is 11.4. The predicted molar refractivity (Wildman–Crippen MR) is 109 cm³/mol. The quantitative estimate of drug-likeness (QED) is 0.626. The van der Waals surface area contributed by atoms with Crippen LogP contribution < -0.4 is 20.2 Å². The van der Waals surface area contributed by atoms with E-state index in [0.717, 1.165) is 34.0 Å². The van der Waals surface area contributed by atoms with E-state index in [0.29, 0.717) is 11.5 Å². The van der Waals surface area contributed by atoms with E-state index in [4.69, 9.17) is 21.7 Å². The molecule has 1 heterocycles. The summed E-state index contributed by atoms with van der Waals surface area (Å²) in [6.45, 7) is 6.11. The summed E-state index contributed by atoms with van der Waals surface area (Å²) in [5.41, 5.74) is 6.48. The first-order valence-electron chi connectivity index (χ1n) is 8.44. The van der Waals surface area contributed by atoms with Crippen LogP contribution in [0, 0.1) is 6.92 Å². The summed E-state index contributed by atoms with van der Waals surface area (Å²) in [7, 11) is 1.64. The van der Waals surface area contributed by atoms with Crippen molar-refractivity contribution in [2.45, 2.75) is 32.8 Å². The molecule has 6 heteroatoms. The molecule has 0 bridgehead atoms. The summed E-state index contributed by atoms with van der Waals surface area (Å²) in [4.78, 5) is 0. The zero-order chi connectivity index (χ0) is 18.7. The van der Waals surface area contributed by atoms with E-state index in [1.807, 2.05) is 63.2 Å². The van der Waals surface area contributed by atoms with Gasteiger partial charge in [-0.1, -0.05) is 18.2 Å². The molecule has 1 aliphatic rings. The van der Waals surface area contributed by atoms with Crippen molar-refractivity contribution in [2.24, 2.45) is 5.10 Å². The van der Waals surface area contributed by atoms with Gasteiger partial charge in [0.2, 0.25) is 0 Å². The van der Waals surface area contributed by atoms with E-state index in [1.165, 1.54) is 0 Å². The van der Waals surface area contributed by atoms with Crippen LogP contribution in [0.2, 0.25) is 0 Å². The first kappa shape index (κ1) is 18.2. The molecule has 0 unspecified atom stereocenters. The standard InChI is InChI=1S/C20H23N3O2S/c1-13-7-5-6-8-16(13)21-19(26)23-22-17-12-20(2,3)25-18-10-9-14(24-4)11-15(17)18/h5-11H,12H2,1-4H3,(H2,21,23,26). The molecule has 3 rings (SSSR count). The highest BCUT2D eigenvalue weighted by Gasteiger charge is 2.31. The number of fused-ring (bicyclic) bond motifs is 1. The van der Waals surface area contributed by atoms with Crippen molar-refractivity contribution in [1.29, 1.82) is 0 Å². The smallest absolute Gasteiger partial charge is 0.191 e. The predicted octanol–water partition coefficient (Wildman–Crippen LogP) is 4.26. The molecule has 26 heavy (non-hydrogen) atoms. The number of aryl methyl sites for hydroxylation is 1. The van der Waals surface area contributed by atoms with Gasteiger partial charge in [0.25, 0.3) is 0 Å². The second-order valence-corrected chi connectivity index (χ2v) is 7.25. The third-order valence-electron chi connectivity index (χ3n) is 4.16. The minimum atomic E-state index is -0.340. The topological polar surface area (TPSA) is 54.9 Å². The molecule has 0 amide bonds. The molecule has 136 valence electrons. The number of thiocarbonyl (C=S) groups is 1. The van der Waals surface area contributed by atoms with Crippen molar-refractivity contribution in [1.82, 2.24) is 5.43 Å². The van der Waals surface area contributed by atoms with Gasteiger partial charge in [-0.15, -0.1) is 0 Å². The number of anilines is 1. The molecule has 2 N–H and O–H groups in total. The van der Waals surface area contributed by atoms with Crippen LogP contribution in [-0.2, 0) is 0 Å².